The fourth-order valence-electron chi connectivity index (χ4n) is 1.11. The number of benzene rings is 1. The van der Waals surface area contributed by atoms with Gasteiger partial charge in [0.2, 0.25) is 5.91 Å². The fraction of sp³-hybridized carbons (Fsp3) is 0.0909. The lowest BCUT2D eigenvalue weighted by atomic mass is 10.1. The molecule has 0 radical (unpaired) electrons. The first-order valence-corrected chi connectivity index (χ1v) is 4.28. The smallest absolute Gasteiger partial charge is 0.241 e. The van der Waals surface area contributed by atoms with Crippen molar-refractivity contribution in [2.45, 2.75) is 0 Å². The summed E-state index contributed by atoms with van der Waals surface area (Å²) in [5.74, 6) is -0.0509. The minimum absolute atomic E-state index is 0.466. The van der Waals surface area contributed by atoms with Crippen LogP contribution in [0.25, 0.3) is 6.08 Å². The molecule has 1 aromatic carbocycles. The van der Waals surface area contributed by atoms with Crippen molar-refractivity contribution in [3.8, 4) is 5.75 Å². The van der Waals surface area contributed by atoms with Crippen LogP contribution in [0, 0.1) is 0 Å². The molecular weight excluding hydrogens is 194 g/mol. The maximum Gasteiger partial charge on any atom is 0.241 e. The molecule has 0 atom stereocenters. The summed E-state index contributed by atoms with van der Waals surface area (Å²) in [6, 6.07) is 4.97. The molecule has 0 saturated heterocycles. The summed E-state index contributed by atoms with van der Waals surface area (Å²) in [6.07, 6.45) is 3.51. The van der Waals surface area contributed by atoms with Crippen LogP contribution in [0.1, 0.15) is 15.9 Å². The van der Waals surface area contributed by atoms with E-state index in [1.807, 2.05) is 0 Å². The van der Waals surface area contributed by atoms with E-state index in [0.29, 0.717) is 17.6 Å². The van der Waals surface area contributed by atoms with Gasteiger partial charge < -0.3 is 10.5 Å². The van der Waals surface area contributed by atoms with Gasteiger partial charge >= 0.3 is 0 Å². The quantitative estimate of drug-likeness (QED) is 0.589. The van der Waals surface area contributed by atoms with Crippen LogP contribution >= 0.6 is 0 Å². The molecule has 4 nitrogen and oxygen atoms in total. The monoisotopic (exact) mass is 205 g/mol. The molecule has 15 heavy (non-hydrogen) atoms. The summed E-state index contributed by atoms with van der Waals surface area (Å²) in [5, 5.41) is 0. The van der Waals surface area contributed by atoms with Crippen molar-refractivity contribution in [3.63, 3.8) is 0 Å². The largest absolute Gasteiger partial charge is 0.496 e. The number of nitrogens with two attached hydrogens (primary N) is 1. The number of hydrogen-bond donors (Lipinski definition) is 1. The van der Waals surface area contributed by atoms with Crippen LogP contribution in [0.3, 0.4) is 0 Å². The topological polar surface area (TPSA) is 69.4 Å². The van der Waals surface area contributed by atoms with Gasteiger partial charge in [0.25, 0.3) is 0 Å². The molecule has 0 aromatic heterocycles. The Bertz CT molecular complexity index is 410. The molecule has 0 unspecified atom stereocenters. The summed E-state index contributed by atoms with van der Waals surface area (Å²) < 4.78 is 5.00. The van der Waals surface area contributed by atoms with Gasteiger partial charge in [0, 0.05) is 6.08 Å². The lowest BCUT2D eigenvalue weighted by molar-refractivity contribution is -0.113. The third kappa shape index (κ3) is 2.95. The molecule has 2 N–H and O–H groups in total. The predicted octanol–water partition coefficient (Wildman–Crippen LogP) is 1.01. The van der Waals surface area contributed by atoms with Gasteiger partial charge in [0.1, 0.15) is 5.75 Å². The molecule has 0 fully saturated rings. The van der Waals surface area contributed by atoms with Gasteiger partial charge in [0.05, 0.1) is 12.7 Å². The standard InChI is InChI=1S/C11H11NO3/c1-15-10-6-8(3-5-11(12)14)2-4-9(10)7-13/h2-7H,1H3,(H2,12,14). The lowest BCUT2D eigenvalue weighted by Crippen LogP contribution is -2.05. The average Bonchev–Trinajstić information content (AvgIpc) is 2.25. The summed E-state index contributed by atoms with van der Waals surface area (Å²) in [5.41, 5.74) is 6.17. The van der Waals surface area contributed by atoms with E-state index in [-0.39, 0.29) is 0 Å². The van der Waals surface area contributed by atoms with Gasteiger partial charge in [-0.15, -0.1) is 0 Å². The molecule has 0 heterocycles. The molecular formula is C11H11NO3. The fourth-order valence-corrected chi connectivity index (χ4v) is 1.11. The molecule has 1 amide bonds. The van der Waals surface area contributed by atoms with Crippen molar-refractivity contribution in [3.05, 3.63) is 35.4 Å². The molecule has 0 saturated carbocycles. The first-order valence-electron chi connectivity index (χ1n) is 4.28. The van der Waals surface area contributed by atoms with Gasteiger partial charge in [0.15, 0.2) is 6.29 Å². The summed E-state index contributed by atoms with van der Waals surface area (Å²) >= 11 is 0. The molecule has 0 bridgehead atoms. The number of carbonyl (C=O) groups excluding carboxylic acids is 2. The maximum absolute atomic E-state index is 10.6. The van der Waals surface area contributed by atoms with E-state index >= 15 is 0 Å². The molecule has 0 aliphatic heterocycles. The molecule has 1 aromatic rings. The summed E-state index contributed by atoms with van der Waals surface area (Å²) in [4.78, 5) is 21.1. The Hall–Kier alpha value is -2.10. The van der Waals surface area contributed by atoms with E-state index in [0.717, 1.165) is 5.56 Å². The SMILES string of the molecule is COc1cc(C=CC(N)=O)ccc1C=O. The third-order valence-electron chi connectivity index (χ3n) is 1.82. The second-order valence-corrected chi connectivity index (χ2v) is 2.85. The van der Waals surface area contributed by atoms with E-state index in [1.54, 1.807) is 24.3 Å². The van der Waals surface area contributed by atoms with Crippen LogP contribution in [-0.2, 0) is 4.79 Å². The van der Waals surface area contributed by atoms with Gasteiger partial charge in [-0.1, -0.05) is 6.07 Å². The highest BCUT2D eigenvalue weighted by atomic mass is 16.5. The normalized spacial score (nSPS) is 10.2. The number of hydrogen-bond acceptors (Lipinski definition) is 3. The van der Waals surface area contributed by atoms with Crippen molar-refractivity contribution in [2.24, 2.45) is 5.73 Å². The first-order chi connectivity index (χ1) is 7.17. The Labute approximate surface area is 87.3 Å². The Balaban J connectivity index is 3.03. The van der Waals surface area contributed by atoms with Crippen molar-refractivity contribution in [1.82, 2.24) is 0 Å². The number of carbonyl (C=O) groups is 2. The summed E-state index contributed by atoms with van der Waals surface area (Å²) in [7, 11) is 1.48. The maximum atomic E-state index is 10.6. The minimum atomic E-state index is -0.520. The molecule has 0 aliphatic carbocycles. The second kappa shape index (κ2) is 4.95. The number of methoxy groups -OCH3 is 1. The number of rotatable bonds is 4. The lowest BCUT2D eigenvalue weighted by Gasteiger charge is -2.03. The van der Waals surface area contributed by atoms with Crippen LogP contribution in [0.5, 0.6) is 5.75 Å². The van der Waals surface area contributed by atoms with Crippen LogP contribution in [0.2, 0.25) is 0 Å². The third-order valence-corrected chi connectivity index (χ3v) is 1.82. The Kier molecular flexibility index (Phi) is 3.62. The van der Waals surface area contributed by atoms with Crippen molar-refractivity contribution in [1.29, 1.82) is 0 Å². The van der Waals surface area contributed by atoms with Crippen LogP contribution < -0.4 is 10.5 Å². The minimum Gasteiger partial charge on any atom is -0.496 e. The summed E-state index contributed by atoms with van der Waals surface area (Å²) in [6.45, 7) is 0. The van der Waals surface area contributed by atoms with Crippen LogP contribution in [-0.4, -0.2) is 19.3 Å². The molecule has 78 valence electrons. The molecule has 4 heteroatoms. The zero-order valence-corrected chi connectivity index (χ0v) is 8.27. The van der Waals surface area contributed by atoms with E-state index in [9.17, 15) is 9.59 Å². The molecule has 1 rings (SSSR count). The average molecular weight is 205 g/mol. The van der Waals surface area contributed by atoms with E-state index < -0.39 is 5.91 Å². The number of amides is 1. The molecule has 0 spiro atoms. The van der Waals surface area contributed by atoms with Gasteiger partial charge in [-0.3, -0.25) is 9.59 Å². The second-order valence-electron chi connectivity index (χ2n) is 2.85. The highest BCUT2D eigenvalue weighted by molar-refractivity contribution is 5.90. The first kappa shape index (κ1) is 11.0. The Morgan fingerprint density at radius 3 is 2.73 bits per heavy atom. The number of primary amides is 1. The number of aldehydes is 1. The van der Waals surface area contributed by atoms with E-state index in [1.165, 1.54) is 13.2 Å². The van der Waals surface area contributed by atoms with Crippen molar-refractivity contribution < 1.29 is 14.3 Å². The zero-order chi connectivity index (χ0) is 11.3. The van der Waals surface area contributed by atoms with Gasteiger partial charge in [-0.05, 0) is 23.8 Å². The number of ether oxygens (including phenoxy) is 1. The van der Waals surface area contributed by atoms with E-state index in [4.69, 9.17) is 10.5 Å². The van der Waals surface area contributed by atoms with Gasteiger partial charge in [-0.25, -0.2) is 0 Å². The van der Waals surface area contributed by atoms with Crippen molar-refractivity contribution in [2.75, 3.05) is 7.11 Å². The van der Waals surface area contributed by atoms with Gasteiger partial charge in [-0.2, -0.15) is 0 Å². The van der Waals surface area contributed by atoms with Crippen LogP contribution in [0.15, 0.2) is 24.3 Å². The Morgan fingerprint density at radius 2 is 2.20 bits per heavy atom. The Morgan fingerprint density at radius 1 is 1.47 bits per heavy atom. The predicted molar refractivity (Wildman–Crippen MR) is 56.6 cm³/mol. The zero-order valence-electron chi connectivity index (χ0n) is 8.27. The van der Waals surface area contributed by atoms with Crippen molar-refractivity contribution >= 4 is 18.3 Å². The van der Waals surface area contributed by atoms with Crippen LogP contribution in [0.4, 0.5) is 0 Å². The molecule has 0 aliphatic rings. The highest BCUT2D eigenvalue weighted by Crippen LogP contribution is 2.19. The highest BCUT2D eigenvalue weighted by Gasteiger charge is 2.01. The van der Waals surface area contributed by atoms with E-state index in [2.05, 4.69) is 0 Å².